The molecule has 5 nitrogen and oxygen atoms in total. The molecule has 1 aromatic rings. The molecule has 1 aromatic carbocycles. The highest BCUT2D eigenvalue weighted by atomic mass is 16.4. The van der Waals surface area contributed by atoms with Crippen LogP contribution in [0.15, 0.2) is 24.3 Å². The third-order valence-electron chi connectivity index (χ3n) is 5.68. The number of aliphatic hydroxyl groups is 1. The summed E-state index contributed by atoms with van der Waals surface area (Å²) in [6.45, 7) is 1.31. The van der Waals surface area contributed by atoms with Gasteiger partial charge in [-0.05, 0) is 55.2 Å². The molecule has 1 aliphatic heterocycles. The van der Waals surface area contributed by atoms with Crippen molar-refractivity contribution in [1.29, 1.82) is 0 Å². The molecule has 130 valence electrons. The van der Waals surface area contributed by atoms with E-state index in [4.69, 9.17) is 0 Å². The maximum absolute atomic E-state index is 12.6. The van der Waals surface area contributed by atoms with E-state index in [2.05, 4.69) is 0 Å². The Balaban J connectivity index is 1.60. The summed E-state index contributed by atoms with van der Waals surface area (Å²) >= 11 is 0. The maximum atomic E-state index is 12.6. The lowest BCUT2D eigenvalue weighted by molar-refractivity contribution is -0.143. The fourth-order valence-corrected chi connectivity index (χ4v) is 4.38. The van der Waals surface area contributed by atoms with Crippen molar-refractivity contribution in [3.8, 4) is 0 Å². The third-order valence-corrected chi connectivity index (χ3v) is 5.68. The molecule has 2 aliphatic rings. The van der Waals surface area contributed by atoms with Crippen LogP contribution in [0.1, 0.15) is 48.0 Å². The zero-order chi connectivity index (χ0) is 17.1. The highest BCUT2D eigenvalue weighted by molar-refractivity contribution is 5.94. The lowest BCUT2D eigenvalue weighted by Gasteiger charge is -2.36. The Hall–Kier alpha value is -1.88. The van der Waals surface area contributed by atoms with Crippen LogP contribution in [0.4, 0.5) is 0 Å². The fraction of sp³-hybridized carbons (Fsp3) is 0.579. The first-order valence-corrected chi connectivity index (χ1v) is 8.82. The Morgan fingerprint density at radius 3 is 2.54 bits per heavy atom. The molecule has 5 heteroatoms. The minimum Gasteiger partial charge on any atom is -0.481 e. The number of hydrogen-bond donors (Lipinski definition) is 2. The summed E-state index contributed by atoms with van der Waals surface area (Å²) in [5.41, 5.74) is 1.36. The van der Waals surface area contributed by atoms with E-state index in [9.17, 15) is 19.8 Å². The van der Waals surface area contributed by atoms with E-state index in [0.717, 1.165) is 37.7 Å². The van der Waals surface area contributed by atoms with Crippen molar-refractivity contribution < 1.29 is 19.8 Å². The van der Waals surface area contributed by atoms with Gasteiger partial charge in [-0.3, -0.25) is 9.59 Å². The quantitative estimate of drug-likeness (QED) is 0.889. The molecule has 0 radical (unpaired) electrons. The summed E-state index contributed by atoms with van der Waals surface area (Å²) in [7, 11) is 0. The number of nitrogens with zero attached hydrogens (tertiary/aromatic N) is 1. The zero-order valence-electron chi connectivity index (χ0n) is 13.9. The van der Waals surface area contributed by atoms with Crippen LogP contribution >= 0.6 is 0 Å². The number of carboxylic acids is 1. The second kappa shape index (κ2) is 7.34. The molecule has 0 aromatic heterocycles. The average Bonchev–Trinajstić information content (AvgIpc) is 3.11. The predicted molar refractivity (Wildman–Crippen MR) is 89.5 cm³/mol. The number of carboxylic acid groups (broad SMARTS) is 1. The van der Waals surface area contributed by atoms with Gasteiger partial charge in [-0.1, -0.05) is 18.6 Å². The molecule has 3 rings (SSSR count). The minimum atomic E-state index is -0.656. The topological polar surface area (TPSA) is 77.8 Å². The standard InChI is InChI=1S/C19H25NO4/c21-12-13-3-1-4-15(11-13)18(22)20-9-7-14(8-10-20)16-5-2-6-17(16)19(23)24/h1,3-4,11,14,16-17,21H,2,5-10,12H2,(H,23,24). The van der Waals surface area contributed by atoms with Crippen LogP contribution in [-0.2, 0) is 11.4 Å². The Labute approximate surface area is 142 Å². The zero-order valence-corrected chi connectivity index (χ0v) is 13.9. The minimum absolute atomic E-state index is 0.00459. The molecule has 1 amide bonds. The Morgan fingerprint density at radius 1 is 1.12 bits per heavy atom. The summed E-state index contributed by atoms with van der Waals surface area (Å²) < 4.78 is 0. The molecular formula is C19H25NO4. The van der Waals surface area contributed by atoms with E-state index in [-0.39, 0.29) is 24.3 Å². The molecule has 2 atom stereocenters. The Morgan fingerprint density at radius 2 is 1.88 bits per heavy atom. The van der Waals surface area contributed by atoms with Crippen molar-refractivity contribution in [3.63, 3.8) is 0 Å². The van der Waals surface area contributed by atoms with E-state index in [1.165, 1.54) is 0 Å². The molecule has 0 bridgehead atoms. The average molecular weight is 331 g/mol. The largest absolute Gasteiger partial charge is 0.481 e. The van der Waals surface area contributed by atoms with Gasteiger partial charge < -0.3 is 15.1 Å². The number of hydrogen-bond acceptors (Lipinski definition) is 3. The molecule has 0 spiro atoms. The number of benzene rings is 1. The van der Waals surface area contributed by atoms with Crippen LogP contribution in [0.25, 0.3) is 0 Å². The van der Waals surface area contributed by atoms with Crippen molar-refractivity contribution >= 4 is 11.9 Å². The van der Waals surface area contributed by atoms with Gasteiger partial charge in [0, 0.05) is 18.7 Å². The van der Waals surface area contributed by atoms with Gasteiger partial charge in [-0.2, -0.15) is 0 Å². The van der Waals surface area contributed by atoms with E-state index in [1.807, 2.05) is 4.90 Å². The number of rotatable bonds is 4. The summed E-state index contributed by atoms with van der Waals surface area (Å²) in [6, 6.07) is 7.12. The van der Waals surface area contributed by atoms with E-state index in [0.29, 0.717) is 24.6 Å². The number of piperidine rings is 1. The van der Waals surface area contributed by atoms with Crippen LogP contribution in [0, 0.1) is 17.8 Å². The summed E-state index contributed by atoms with van der Waals surface area (Å²) in [5.74, 6) is -0.154. The van der Waals surface area contributed by atoms with E-state index in [1.54, 1.807) is 24.3 Å². The lowest BCUT2D eigenvalue weighted by atomic mass is 9.78. The molecule has 24 heavy (non-hydrogen) atoms. The fourth-order valence-electron chi connectivity index (χ4n) is 4.38. The number of aliphatic carboxylic acids is 1. The van der Waals surface area contributed by atoms with Gasteiger partial charge in [0.25, 0.3) is 5.91 Å². The van der Waals surface area contributed by atoms with Gasteiger partial charge in [0.05, 0.1) is 12.5 Å². The van der Waals surface area contributed by atoms with Crippen molar-refractivity contribution in [2.75, 3.05) is 13.1 Å². The second-order valence-electron chi connectivity index (χ2n) is 7.03. The molecule has 2 fully saturated rings. The van der Waals surface area contributed by atoms with Crippen LogP contribution in [0.3, 0.4) is 0 Å². The van der Waals surface area contributed by atoms with Gasteiger partial charge in [0.2, 0.25) is 0 Å². The van der Waals surface area contributed by atoms with Crippen molar-refractivity contribution in [3.05, 3.63) is 35.4 Å². The maximum Gasteiger partial charge on any atom is 0.306 e. The lowest BCUT2D eigenvalue weighted by Crippen LogP contribution is -2.41. The van der Waals surface area contributed by atoms with Gasteiger partial charge in [-0.15, -0.1) is 0 Å². The molecule has 1 aliphatic carbocycles. The Kier molecular flexibility index (Phi) is 5.19. The third kappa shape index (κ3) is 3.46. The van der Waals surface area contributed by atoms with Crippen LogP contribution in [-0.4, -0.2) is 40.1 Å². The van der Waals surface area contributed by atoms with Crippen molar-refractivity contribution in [1.82, 2.24) is 4.90 Å². The van der Waals surface area contributed by atoms with Gasteiger partial charge >= 0.3 is 5.97 Å². The normalized spacial score (nSPS) is 25.0. The van der Waals surface area contributed by atoms with Crippen LogP contribution in [0.5, 0.6) is 0 Å². The first kappa shape index (κ1) is 17.0. The number of carbonyl (C=O) groups excluding carboxylic acids is 1. The molecule has 2 unspecified atom stereocenters. The summed E-state index contributed by atoms with van der Waals surface area (Å²) in [6.07, 6.45) is 4.59. The molecule has 2 N–H and O–H groups in total. The van der Waals surface area contributed by atoms with Crippen LogP contribution in [0.2, 0.25) is 0 Å². The highest BCUT2D eigenvalue weighted by Gasteiger charge is 2.39. The highest BCUT2D eigenvalue weighted by Crippen LogP contribution is 2.41. The predicted octanol–water partition coefficient (Wildman–Crippen LogP) is 2.53. The number of aliphatic hydroxyl groups excluding tert-OH is 1. The number of amides is 1. The van der Waals surface area contributed by atoms with E-state index >= 15 is 0 Å². The first-order chi connectivity index (χ1) is 11.6. The summed E-state index contributed by atoms with van der Waals surface area (Å²) in [5, 5.41) is 18.6. The first-order valence-electron chi connectivity index (χ1n) is 8.82. The van der Waals surface area contributed by atoms with Crippen LogP contribution < -0.4 is 0 Å². The van der Waals surface area contributed by atoms with Crippen molar-refractivity contribution in [2.24, 2.45) is 17.8 Å². The molecule has 1 saturated heterocycles. The number of likely N-dealkylation sites (tertiary alicyclic amines) is 1. The Bertz CT molecular complexity index is 607. The van der Waals surface area contributed by atoms with E-state index < -0.39 is 5.97 Å². The van der Waals surface area contributed by atoms with Gasteiger partial charge in [-0.25, -0.2) is 0 Å². The summed E-state index contributed by atoms with van der Waals surface area (Å²) in [4.78, 5) is 25.9. The smallest absolute Gasteiger partial charge is 0.306 e. The molecular weight excluding hydrogens is 306 g/mol. The van der Waals surface area contributed by atoms with Gasteiger partial charge in [0.1, 0.15) is 0 Å². The monoisotopic (exact) mass is 331 g/mol. The molecule has 1 saturated carbocycles. The van der Waals surface area contributed by atoms with Gasteiger partial charge in [0.15, 0.2) is 0 Å². The molecule has 1 heterocycles. The number of carbonyl (C=O) groups is 2. The SMILES string of the molecule is O=C(O)C1CCCC1C1CCN(C(=O)c2cccc(CO)c2)CC1. The van der Waals surface area contributed by atoms with Crippen molar-refractivity contribution in [2.45, 2.75) is 38.7 Å². The second-order valence-corrected chi connectivity index (χ2v) is 7.03.